The molecule has 0 bridgehead atoms. The zero-order chi connectivity index (χ0) is 14.1. The van der Waals surface area contributed by atoms with Gasteiger partial charge >= 0.3 is 0 Å². The number of benzene rings is 2. The molecule has 2 aromatic carbocycles. The minimum absolute atomic E-state index is 0.872. The van der Waals surface area contributed by atoms with Gasteiger partial charge in [-0.2, -0.15) is 18.6 Å². The topological polar surface area (TPSA) is 111 Å². The third kappa shape index (κ3) is 8.61. The van der Waals surface area contributed by atoms with Gasteiger partial charge in [0.25, 0.3) is 10.2 Å². The summed E-state index contributed by atoms with van der Waals surface area (Å²) in [5, 5.41) is 16.4. The van der Waals surface area contributed by atoms with Crippen LogP contribution in [0.3, 0.4) is 0 Å². The van der Waals surface area contributed by atoms with E-state index in [0.717, 1.165) is 11.4 Å². The van der Waals surface area contributed by atoms with Gasteiger partial charge in [-0.05, 0) is 24.3 Å². The van der Waals surface area contributed by atoms with Crippen molar-refractivity contribution >= 4 is 21.6 Å². The molecule has 0 aromatic heterocycles. The van der Waals surface area contributed by atoms with Crippen LogP contribution < -0.4 is 10.3 Å². The van der Waals surface area contributed by atoms with Crippen molar-refractivity contribution in [3.8, 4) is 0 Å². The lowest BCUT2D eigenvalue weighted by atomic mass is 10.3. The highest BCUT2D eigenvalue weighted by atomic mass is 32.2. The highest BCUT2D eigenvalue weighted by molar-refractivity contribution is 7.86. The minimum Gasteiger partial charge on any atom is -0.216 e. The summed E-state index contributed by atoms with van der Waals surface area (Å²) in [7, 11) is -3.67. The van der Waals surface area contributed by atoms with Crippen molar-refractivity contribution in [2.24, 2.45) is 20.5 Å². The van der Waals surface area contributed by atoms with E-state index in [1.807, 2.05) is 60.7 Å². The smallest absolute Gasteiger partial charge is 0.216 e. The van der Waals surface area contributed by atoms with Gasteiger partial charge in [0.15, 0.2) is 0 Å². The molecule has 0 amide bonds. The van der Waals surface area contributed by atoms with Crippen molar-refractivity contribution in [3.05, 3.63) is 60.7 Å². The lowest BCUT2D eigenvalue weighted by molar-refractivity contribution is 0.599. The molecule has 7 heteroatoms. The van der Waals surface area contributed by atoms with Gasteiger partial charge in [-0.15, -0.1) is 0 Å². The Balaban J connectivity index is 0.000000312. The first-order valence-electron chi connectivity index (χ1n) is 5.27. The Bertz CT molecular complexity index is 563. The molecular formula is C12H14N4O2S. The fourth-order valence-corrected chi connectivity index (χ4v) is 1.10. The summed E-state index contributed by atoms with van der Waals surface area (Å²) in [6, 6.07) is 19.4. The first kappa shape index (κ1) is 15.0. The Morgan fingerprint density at radius 2 is 0.947 bits per heavy atom. The van der Waals surface area contributed by atoms with Crippen molar-refractivity contribution in [2.45, 2.75) is 0 Å². The molecule has 0 radical (unpaired) electrons. The van der Waals surface area contributed by atoms with E-state index in [4.69, 9.17) is 0 Å². The van der Waals surface area contributed by atoms with Gasteiger partial charge in [-0.1, -0.05) is 36.4 Å². The molecule has 0 aliphatic rings. The van der Waals surface area contributed by atoms with Crippen molar-refractivity contribution in [1.82, 2.24) is 0 Å². The Hall–Kier alpha value is -2.09. The molecule has 0 aliphatic heterocycles. The van der Waals surface area contributed by atoms with Crippen molar-refractivity contribution in [3.63, 3.8) is 0 Å². The van der Waals surface area contributed by atoms with Crippen molar-refractivity contribution in [1.29, 1.82) is 0 Å². The van der Waals surface area contributed by atoms with E-state index in [1.165, 1.54) is 0 Å². The molecule has 19 heavy (non-hydrogen) atoms. The largest absolute Gasteiger partial charge is 0.271 e. The minimum atomic E-state index is -3.67. The summed E-state index contributed by atoms with van der Waals surface area (Å²) in [5.74, 6) is 0. The molecule has 0 fully saturated rings. The van der Waals surface area contributed by atoms with Crippen LogP contribution in [0, 0.1) is 0 Å². The van der Waals surface area contributed by atoms with E-state index in [0.29, 0.717) is 0 Å². The standard InChI is InChI=1S/C12H10N2.H4N2O2S/c1-3-7-11(8-4-1)13-14-12-9-5-2-6-10-12;1-5(2,3)4/h1-10H;(H4,1,2,3,4). The number of hydrogen-bond acceptors (Lipinski definition) is 4. The van der Waals surface area contributed by atoms with Gasteiger partial charge in [-0.3, -0.25) is 0 Å². The molecule has 100 valence electrons. The van der Waals surface area contributed by atoms with Crippen LogP contribution in [0.15, 0.2) is 70.9 Å². The van der Waals surface area contributed by atoms with Crippen LogP contribution in [-0.4, -0.2) is 8.42 Å². The molecular weight excluding hydrogens is 264 g/mol. The Morgan fingerprint density at radius 1 is 0.684 bits per heavy atom. The van der Waals surface area contributed by atoms with E-state index >= 15 is 0 Å². The highest BCUT2D eigenvalue weighted by Crippen LogP contribution is 2.16. The maximum atomic E-state index is 9.19. The van der Waals surface area contributed by atoms with Gasteiger partial charge in [0, 0.05) is 0 Å². The first-order valence-corrected chi connectivity index (χ1v) is 6.88. The van der Waals surface area contributed by atoms with Crippen LogP contribution in [0.2, 0.25) is 0 Å². The second-order valence-corrected chi connectivity index (χ2v) is 4.64. The molecule has 0 unspecified atom stereocenters. The number of rotatable bonds is 2. The van der Waals surface area contributed by atoms with Gasteiger partial charge in [0.05, 0.1) is 11.4 Å². The van der Waals surface area contributed by atoms with Crippen molar-refractivity contribution < 1.29 is 8.42 Å². The number of nitrogens with zero attached hydrogens (tertiary/aromatic N) is 2. The predicted molar refractivity (Wildman–Crippen MR) is 74.4 cm³/mol. The quantitative estimate of drug-likeness (QED) is 0.821. The zero-order valence-corrected chi connectivity index (χ0v) is 10.9. The summed E-state index contributed by atoms with van der Waals surface area (Å²) >= 11 is 0. The normalized spacial score (nSPS) is 10.8. The number of nitrogens with two attached hydrogens (primary N) is 2. The summed E-state index contributed by atoms with van der Waals surface area (Å²) in [6.07, 6.45) is 0. The fraction of sp³-hybridized carbons (Fsp3) is 0. The monoisotopic (exact) mass is 278 g/mol. The molecule has 0 saturated carbocycles. The number of azo groups is 1. The molecule has 0 spiro atoms. The van der Waals surface area contributed by atoms with E-state index in [9.17, 15) is 8.42 Å². The molecule has 6 nitrogen and oxygen atoms in total. The Morgan fingerprint density at radius 3 is 1.21 bits per heavy atom. The Labute approximate surface area is 112 Å². The lowest BCUT2D eigenvalue weighted by Crippen LogP contribution is -2.21. The van der Waals surface area contributed by atoms with Gasteiger partial charge in [-0.25, -0.2) is 10.3 Å². The average Bonchev–Trinajstić information content (AvgIpc) is 2.37. The van der Waals surface area contributed by atoms with Gasteiger partial charge < -0.3 is 0 Å². The second-order valence-electron chi connectivity index (χ2n) is 3.46. The predicted octanol–water partition coefficient (Wildman–Crippen LogP) is 2.25. The second kappa shape index (κ2) is 7.37. The summed E-state index contributed by atoms with van der Waals surface area (Å²) in [4.78, 5) is 0. The van der Waals surface area contributed by atoms with E-state index in [-0.39, 0.29) is 0 Å². The SMILES string of the molecule is NS(N)(=O)=O.c1ccc(N=Nc2ccccc2)cc1. The summed E-state index contributed by atoms with van der Waals surface area (Å²) < 4.78 is 18.4. The average molecular weight is 278 g/mol. The third-order valence-electron chi connectivity index (χ3n) is 1.79. The molecule has 0 aliphatic carbocycles. The molecule has 0 atom stereocenters. The van der Waals surface area contributed by atoms with E-state index in [2.05, 4.69) is 20.5 Å². The van der Waals surface area contributed by atoms with Crippen LogP contribution >= 0.6 is 0 Å². The summed E-state index contributed by atoms with van der Waals surface area (Å²) in [5.41, 5.74) is 1.74. The molecule has 0 saturated heterocycles. The molecule has 2 aromatic rings. The maximum Gasteiger partial charge on any atom is 0.271 e. The third-order valence-corrected chi connectivity index (χ3v) is 1.79. The van der Waals surface area contributed by atoms with Crippen LogP contribution in [0.1, 0.15) is 0 Å². The number of hydrogen-bond donors (Lipinski definition) is 2. The molecule has 0 heterocycles. The van der Waals surface area contributed by atoms with Crippen LogP contribution in [0.25, 0.3) is 0 Å². The van der Waals surface area contributed by atoms with Crippen molar-refractivity contribution in [2.75, 3.05) is 0 Å². The van der Waals surface area contributed by atoms with Crippen LogP contribution in [0.5, 0.6) is 0 Å². The Kier molecular flexibility index (Phi) is 5.80. The van der Waals surface area contributed by atoms with Crippen LogP contribution in [0.4, 0.5) is 11.4 Å². The first-order chi connectivity index (χ1) is 8.95. The fourth-order valence-electron chi connectivity index (χ4n) is 1.10. The molecule has 2 rings (SSSR count). The van der Waals surface area contributed by atoms with Gasteiger partial charge in [0.2, 0.25) is 0 Å². The molecule has 4 N–H and O–H groups in total. The lowest BCUT2D eigenvalue weighted by Gasteiger charge is -1.91. The zero-order valence-electron chi connectivity index (χ0n) is 10.0. The van der Waals surface area contributed by atoms with Crippen LogP contribution in [-0.2, 0) is 10.2 Å². The van der Waals surface area contributed by atoms with Gasteiger partial charge in [0.1, 0.15) is 0 Å². The van der Waals surface area contributed by atoms with E-state index in [1.54, 1.807) is 0 Å². The summed E-state index contributed by atoms with van der Waals surface area (Å²) in [6.45, 7) is 0. The van der Waals surface area contributed by atoms with E-state index < -0.39 is 10.2 Å². The maximum absolute atomic E-state index is 9.19. The highest BCUT2D eigenvalue weighted by Gasteiger charge is 1.86.